The topological polar surface area (TPSA) is 67.3 Å². The van der Waals surface area contributed by atoms with Crippen molar-refractivity contribution in [2.75, 3.05) is 7.11 Å². The molecule has 0 aliphatic rings. The molecular formula is C18H14BrN3O2. The number of rotatable bonds is 4. The van der Waals surface area contributed by atoms with Gasteiger partial charge in [0.15, 0.2) is 5.82 Å². The van der Waals surface area contributed by atoms with Gasteiger partial charge in [0.1, 0.15) is 0 Å². The summed E-state index contributed by atoms with van der Waals surface area (Å²) >= 11 is 3.41. The van der Waals surface area contributed by atoms with Gasteiger partial charge in [-0.2, -0.15) is 5.10 Å². The number of halogens is 1. The highest BCUT2D eigenvalue weighted by molar-refractivity contribution is 9.10. The number of aromatic nitrogens is 2. The van der Waals surface area contributed by atoms with Gasteiger partial charge in [0, 0.05) is 16.8 Å². The van der Waals surface area contributed by atoms with Gasteiger partial charge >= 0.3 is 5.97 Å². The van der Waals surface area contributed by atoms with Crippen molar-refractivity contribution >= 4 is 33.9 Å². The summed E-state index contributed by atoms with van der Waals surface area (Å²) in [6.07, 6.45) is 1.70. The number of nitrogens with zero attached hydrogens (tertiary/aromatic N) is 2. The monoisotopic (exact) mass is 383 g/mol. The predicted octanol–water partition coefficient (Wildman–Crippen LogP) is 4.38. The highest BCUT2D eigenvalue weighted by atomic mass is 79.9. The Morgan fingerprint density at radius 3 is 2.54 bits per heavy atom. The molecule has 120 valence electrons. The molecule has 1 heterocycles. The van der Waals surface area contributed by atoms with Crippen molar-refractivity contribution in [2.24, 2.45) is 4.99 Å². The molecule has 0 amide bonds. The van der Waals surface area contributed by atoms with Crippen LogP contribution in [-0.4, -0.2) is 29.5 Å². The molecule has 0 spiro atoms. The summed E-state index contributed by atoms with van der Waals surface area (Å²) in [7, 11) is 1.36. The Kier molecular flexibility index (Phi) is 4.86. The van der Waals surface area contributed by atoms with Crippen LogP contribution in [0.5, 0.6) is 0 Å². The molecule has 5 nitrogen and oxygen atoms in total. The zero-order valence-corrected chi connectivity index (χ0v) is 14.4. The molecule has 6 heteroatoms. The fourth-order valence-electron chi connectivity index (χ4n) is 2.12. The number of ether oxygens (including phenoxy) is 1. The molecule has 1 N–H and O–H groups in total. The second-order valence-corrected chi connectivity index (χ2v) is 5.93. The van der Waals surface area contributed by atoms with Gasteiger partial charge in [-0.05, 0) is 35.4 Å². The van der Waals surface area contributed by atoms with E-state index in [1.807, 2.05) is 30.3 Å². The fourth-order valence-corrected chi connectivity index (χ4v) is 2.38. The van der Waals surface area contributed by atoms with E-state index in [2.05, 4.69) is 35.9 Å². The van der Waals surface area contributed by atoms with Crippen molar-refractivity contribution in [3.8, 4) is 11.3 Å². The maximum absolute atomic E-state index is 11.4. The first-order valence-corrected chi connectivity index (χ1v) is 7.99. The number of esters is 1. The van der Waals surface area contributed by atoms with Crippen LogP contribution in [0.25, 0.3) is 11.3 Å². The summed E-state index contributed by atoms with van der Waals surface area (Å²) in [4.78, 5) is 15.7. The number of benzene rings is 2. The number of hydrogen-bond donors (Lipinski definition) is 1. The Bertz CT molecular complexity index is 868. The van der Waals surface area contributed by atoms with Crippen LogP contribution in [0, 0.1) is 0 Å². The van der Waals surface area contributed by atoms with E-state index in [-0.39, 0.29) is 5.97 Å². The molecule has 0 aliphatic carbocycles. The minimum Gasteiger partial charge on any atom is -0.465 e. The predicted molar refractivity (Wildman–Crippen MR) is 96.8 cm³/mol. The molecule has 0 unspecified atom stereocenters. The maximum atomic E-state index is 11.4. The van der Waals surface area contributed by atoms with E-state index in [4.69, 9.17) is 0 Å². The smallest absolute Gasteiger partial charge is 0.337 e. The first-order valence-electron chi connectivity index (χ1n) is 7.19. The maximum Gasteiger partial charge on any atom is 0.337 e. The van der Waals surface area contributed by atoms with Crippen molar-refractivity contribution in [1.29, 1.82) is 0 Å². The summed E-state index contributed by atoms with van der Waals surface area (Å²) in [5, 5.41) is 7.15. The number of H-pyrrole nitrogens is 1. The lowest BCUT2D eigenvalue weighted by atomic mass is 10.1. The van der Waals surface area contributed by atoms with Crippen molar-refractivity contribution in [2.45, 2.75) is 0 Å². The highest BCUT2D eigenvalue weighted by Gasteiger charge is 2.04. The largest absolute Gasteiger partial charge is 0.465 e. The molecule has 0 aliphatic heterocycles. The number of nitrogens with one attached hydrogen (secondary N) is 1. The molecule has 0 atom stereocenters. The molecule has 0 bridgehead atoms. The van der Waals surface area contributed by atoms with Gasteiger partial charge in [0.2, 0.25) is 0 Å². The van der Waals surface area contributed by atoms with Crippen molar-refractivity contribution < 1.29 is 9.53 Å². The van der Waals surface area contributed by atoms with Gasteiger partial charge in [0.25, 0.3) is 0 Å². The number of hydrogen-bond acceptors (Lipinski definition) is 4. The van der Waals surface area contributed by atoms with Gasteiger partial charge in [-0.3, -0.25) is 5.10 Å². The average molecular weight is 384 g/mol. The van der Waals surface area contributed by atoms with E-state index in [0.717, 1.165) is 21.3 Å². The van der Waals surface area contributed by atoms with E-state index in [9.17, 15) is 4.79 Å². The van der Waals surface area contributed by atoms with Crippen LogP contribution in [0.3, 0.4) is 0 Å². The summed E-state index contributed by atoms with van der Waals surface area (Å²) in [5.74, 6) is 0.231. The summed E-state index contributed by atoms with van der Waals surface area (Å²) in [5.41, 5.74) is 3.31. The zero-order chi connectivity index (χ0) is 16.9. The molecular weight excluding hydrogens is 370 g/mol. The van der Waals surface area contributed by atoms with Gasteiger partial charge < -0.3 is 4.74 Å². The molecule has 0 saturated heterocycles. The standard InChI is InChI=1S/C18H14BrN3O2/c1-24-18(23)14-4-2-12(3-5-14)11-20-17-10-16(21-22-17)13-6-8-15(19)9-7-13/h2-11H,1H3,(H,21,22). The molecule has 0 saturated carbocycles. The van der Waals surface area contributed by atoms with Crippen LogP contribution in [-0.2, 0) is 4.74 Å². The third-order valence-electron chi connectivity index (χ3n) is 3.40. The van der Waals surface area contributed by atoms with Gasteiger partial charge in [-0.25, -0.2) is 9.79 Å². The Labute approximate surface area is 147 Å². The number of aromatic amines is 1. The molecule has 2 aromatic carbocycles. The van der Waals surface area contributed by atoms with E-state index < -0.39 is 0 Å². The van der Waals surface area contributed by atoms with Gasteiger partial charge in [-0.15, -0.1) is 0 Å². The Balaban J connectivity index is 1.73. The van der Waals surface area contributed by atoms with E-state index in [0.29, 0.717) is 11.4 Å². The molecule has 0 radical (unpaired) electrons. The third-order valence-corrected chi connectivity index (χ3v) is 3.93. The van der Waals surface area contributed by atoms with Crippen LogP contribution in [0.15, 0.2) is 64.1 Å². The van der Waals surface area contributed by atoms with Crippen molar-refractivity contribution in [1.82, 2.24) is 10.2 Å². The first-order chi connectivity index (χ1) is 11.7. The van der Waals surface area contributed by atoms with Crippen molar-refractivity contribution in [3.05, 3.63) is 70.2 Å². The summed E-state index contributed by atoms with van der Waals surface area (Å²) < 4.78 is 5.70. The minimum atomic E-state index is -0.357. The lowest BCUT2D eigenvalue weighted by Gasteiger charge is -1.98. The second kappa shape index (κ2) is 7.23. The number of carbonyl (C=O) groups excluding carboxylic acids is 1. The number of carbonyl (C=O) groups is 1. The van der Waals surface area contributed by atoms with Crippen LogP contribution >= 0.6 is 15.9 Å². The zero-order valence-electron chi connectivity index (χ0n) is 12.9. The Hall–Kier alpha value is -2.73. The van der Waals surface area contributed by atoms with Crippen LogP contribution in [0.4, 0.5) is 5.82 Å². The first kappa shape index (κ1) is 16.1. The van der Waals surface area contributed by atoms with E-state index in [1.54, 1.807) is 30.5 Å². The van der Waals surface area contributed by atoms with Crippen LogP contribution in [0.1, 0.15) is 15.9 Å². The molecule has 3 rings (SSSR count). The SMILES string of the molecule is COC(=O)c1ccc(C=Nc2cc(-c3ccc(Br)cc3)[nH]n2)cc1. The van der Waals surface area contributed by atoms with Crippen LogP contribution in [0.2, 0.25) is 0 Å². The average Bonchev–Trinajstić information content (AvgIpc) is 3.09. The molecule has 3 aromatic rings. The second-order valence-electron chi connectivity index (χ2n) is 5.02. The third kappa shape index (κ3) is 3.78. The fraction of sp³-hybridized carbons (Fsp3) is 0.0556. The normalized spacial score (nSPS) is 10.9. The Morgan fingerprint density at radius 1 is 1.17 bits per heavy atom. The van der Waals surface area contributed by atoms with Crippen molar-refractivity contribution in [3.63, 3.8) is 0 Å². The number of aliphatic imine (C=N–C) groups is 1. The molecule has 24 heavy (non-hydrogen) atoms. The minimum absolute atomic E-state index is 0.357. The lowest BCUT2D eigenvalue weighted by Crippen LogP contribution is -2.00. The van der Waals surface area contributed by atoms with E-state index in [1.165, 1.54) is 7.11 Å². The highest BCUT2D eigenvalue weighted by Crippen LogP contribution is 2.23. The van der Waals surface area contributed by atoms with E-state index >= 15 is 0 Å². The summed E-state index contributed by atoms with van der Waals surface area (Å²) in [6.45, 7) is 0. The lowest BCUT2D eigenvalue weighted by molar-refractivity contribution is 0.0600. The number of methoxy groups -OCH3 is 1. The van der Waals surface area contributed by atoms with Gasteiger partial charge in [-0.1, -0.05) is 40.2 Å². The Morgan fingerprint density at radius 2 is 1.88 bits per heavy atom. The quantitative estimate of drug-likeness (QED) is 0.536. The van der Waals surface area contributed by atoms with Crippen LogP contribution < -0.4 is 0 Å². The molecule has 1 aromatic heterocycles. The van der Waals surface area contributed by atoms with Gasteiger partial charge in [0.05, 0.1) is 18.4 Å². The summed E-state index contributed by atoms with van der Waals surface area (Å²) in [6, 6.07) is 16.8. The molecule has 0 fully saturated rings.